The highest BCUT2D eigenvalue weighted by molar-refractivity contribution is 7.51. The number of nitrogen functional groups attached to an aromatic ring is 1. The Kier molecular flexibility index (Phi) is 6.58. The number of anilines is 1. The van der Waals surface area contributed by atoms with Gasteiger partial charge in [0.15, 0.2) is 17.6 Å². The second-order valence-corrected chi connectivity index (χ2v) is 9.70. The Morgan fingerprint density at radius 3 is 2.38 bits per heavy atom. The fourth-order valence-electron chi connectivity index (χ4n) is 2.46. The van der Waals surface area contributed by atoms with Gasteiger partial charge in [-0.15, -0.1) is 0 Å². The Balaban J connectivity index is 2.47. The smallest absolute Gasteiger partial charge is 0.333 e. The van der Waals surface area contributed by atoms with Gasteiger partial charge in [-0.25, -0.2) is 28.2 Å². The van der Waals surface area contributed by atoms with Crippen molar-refractivity contribution in [2.75, 3.05) is 5.73 Å². The number of rotatable bonds is 7. The summed E-state index contributed by atoms with van der Waals surface area (Å²) in [5.74, 6) is 0.855. The van der Waals surface area contributed by atoms with Crippen molar-refractivity contribution in [2.24, 2.45) is 0 Å². The number of nitrogens with zero attached hydrogens (tertiary/aromatic N) is 3. The summed E-state index contributed by atoms with van der Waals surface area (Å²) in [6, 6.07) is 0. The summed E-state index contributed by atoms with van der Waals surface area (Å²) in [7, 11) is -6.23. The lowest BCUT2D eigenvalue weighted by Gasteiger charge is -2.05. The highest BCUT2D eigenvalue weighted by atomic mass is 32.1. The third kappa shape index (κ3) is 4.51. The zero-order valence-corrected chi connectivity index (χ0v) is 17.1. The van der Waals surface area contributed by atoms with Gasteiger partial charge in [0.2, 0.25) is 0 Å². The van der Waals surface area contributed by atoms with Crippen LogP contribution in [0.25, 0.3) is 0 Å². The fourth-order valence-corrected chi connectivity index (χ4v) is 5.23. The van der Waals surface area contributed by atoms with Crippen LogP contribution in [0.4, 0.5) is 5.82 Å². The maximum atomic E-state index is 11.2. The number of aryl methyl sites for hydroxylation is 1. The van der Waals surface area contributed by atoms with Crippen LogP contribution in [-0.2, 0) is 31.2 Å². The number of thiazole rings is 1. The highest BCUT2D eigenvalue weighted by Gasteiger charge is 2.31. The molecule has 0 spiro atoms. The van der Waals surface area contributed by atoms with E-state index in [1.54, 1.807) is 31.5 Å². The normalized spacial score (nSPS) is 12.3. The number of nitrogens with two attached hydrogens (primary N) is 1. The molecule has 1 atom stereocenters. The first-order valence-corrected chi connectivity index (χ1v) is 11.0. The number of hydrogen-bond donors (Lipinski definition) is 2. The van der Waals surface area contributed by atoms with Crippen molar-refractivity contribution in [3.8, 4) is 0 Å². The Morgan fingerprint density at radius 2 is 1.88 bits per heavy atom. The third-order valence-corrected chi connectivity index (χ3v) is 7.81. The maximum absolute atomic E-state index is 11.2. The Labute approximate surface area is 155 Å². The minimum Gasteiger partial charge on any atom is -0.383 e. The van der Waals surface area contributed by atoms with Gasteiger partial charge in [0, 0.05) is 19.5 Å². The standard InChI is InChI=1S/C14H19N4O5P2S/c1-7-11(4-12(24(20)21)25(22)23)26-14(8(2)19)18(7)6-10-5-16-9(3)17-13(10)15/h5,8,12,19H,4,6H2,1-3H3,(H2,15,16,17)/q+1. The number of aliphatic hydroxyl groups excluding tert-OH is 1. The molecule has 2 aromatic rings. The first-order chi connectivity index (χ1) is 12.1. The molecule has 0 radical (unpaired) electrons. The molecule has 2 aromatic heterocycles. The van der Waals surface area contributed by atoms with E-state index in [-0.39, 0.29) is 13.0 Å². The van der Waals surface area contributed by atoms with Gasteiger partial charge in [0.05, 0.1) is 10.4 Å². The Bertz CT molecular complexity index is 930. The molecule has 0 aliphatic carbocycles. The fraction of sp³-hybridized carbons (Fsp3) is 0.500. The van der Waals surface area contributed by atoms with Crippen LogP contribution in [0.5, 0.6) is 0 Å². The van der Waals surface area contributed by atoms with Crippen molar-refractivity contribution in [1.82, 2.24) is 9.97 Å². The first kappa shape index (κ1) is 20.6. The second kappa shape index (κ2) is 8.31. The second-order valence-electron chi connectivity index (χ2n) is 5.79. The zero-order chi connectivity index (χ0) is 19.6. The minimum atomic E-state index is -3.11. The lowest BCUT2D eigenvalue weighted by Crippen LogP contribution is -2.40. The molecule has 1 unspecified atom stereocenters. The van der Waals surface area contributed by atoms with Gasteiger partial charge in [0.25, 0.3) is 5.01 Å². The van der Waals surface area contributed by atoms with Crippen molar-refractivity contribution < 1.29 is 27.9 Å². The van der Waals surface area contributed by atoms with Gasteiger partial charge in [-0.1, -0.05) is 11.3 Å². The first-order valence-electron chi connectivity index (χ1n) is 7.66. The zero-order valence-electron chi connectivity index (χ0n) is 14.4. The number of aromatic nitrogens is 3. The summed E-state index contributed by atoms with van der Waals surface area (Å²) in [6.45, 7) is 5.33. The monoisotopic (exact) mass is 417 g/mol. The van der Waals surface area contributed by atoms with Crippen LogP contribution in [0.15, 0.2) is 6.20 Å². The van der Waals surface area contributed by atoms with E-state index < -0.39 is 26.9 Å². The molecule has 140 valence electrons. The SMILES string of the molecule is Cc1ncc(C[n+]2c(C(C)O)sc(CC(P(=O)=O)P(=O)=O)c2C)c(N)n1. The van der Waals surface area contributed by atoms with Crippen LogP contribution in [0, 0.1) is 13.8 Å². The molecule has 0 fully saturated rings. The van der Waals surface area contributed by atoms with Gasteiger partial charge < -0.3 is 10.8 Å². The predicted molar refractivity (Wildman–Crippen MR) is 94.2 cm³/mol. The van der Waals surface area contributed by atoms with Gasteiger partial charge in [0.1, 0.15) is 17.7 Å². The summed E-state index contributed by atoms with van der Waals surface area (Å²) >= 11 is 1.18. The van der Waals surface area contributed by atoms with Crippen molar-refractivity contribution in [3.63, 3.8) is 0 Å². The predicted octanol–water partition coefficient (Wildman–Crippen LogP) is 2.34. The molecule has 0 saturated carbocycles. The van der Waals surface area contributed by atoms with Gasteiger partial charge in [-0.2, -0.15) is 4.57 Å². The van der Waals surface area contributed by atoms with E-state index in [4.69, 9.17) is 5.73 Å². The summed E-state index contributed by atoms with van der Waals surface area (Å²) < 4.78 is 46.7. The Hall–Kier alpha value is -1.73. The largest absolute Gasteiger partial charge is 0.383 e. The van der Waals surface area contributed by atoms with E-state index in [9.17, 15) is 23.4 Å². The summed E-state index contributed by atoms with van der Waals surface area (Å²) in [4.78, 5) is 8.81. The van der Waals surface area contributed by atoms with Gasteiger partial charge in [-0.3, -0.25) is 0 Å². The minimum absolute atomic E-state index is 0.152. The molecule has 9 nitrogen and oxygen atoms in total. The molecule has 3 N–H and O–H groups in total. The molecule has 0 aliphatic rings. The van der Waals surface area contributed by atoms with Crippen LogP contribution in [0.1, 0.15) is 40.0 Å². The molecular formula is C14H19N4O5P2S+. The topological polar surface area (TPSA) is 144 Å². The quantitative estimate of drug-likeness (QED) is 0.516. The van der Waals surface area contributed by atoms with Gasteiger partial charge in [-0.05, 0) is 13.8 Å². The van der Waals surface area contributed by atoms with Crippen LogP contribution >= 0.6 is 26.7 Å². The van der Waals surface area contributed by atoms with Crippen molar-refractivity contribution in [1.29, 1.82) is 0 Å². The molecule has 0 amide bonds. The summed E-state index contributed by atoms with van der Waals surface area (Å²) in [5.41, 5.74) is 7.25. The van der Waals surface area contributed by atoms with E-state index in [0.29, 0.717) is 32.8 Å². The molecule has 0 aromatic carbocycles. The Morgan fingerprint density at radius 1 is 1.27 bits per heavy atom. The molecule has 0 bridgehead atoms. The van der Waals surface area contributed by atoms with E-state index in [2.05, 4.69) is 9.97 Å². The molecule has 26 heavy (non-hydrogen) atoms. The molecule has 2 rings (SSSR count). The van der Waals surface area contributed by atoms with E-state index in [1.165, 1.54) is 11.3 Å². The average molecular weight is 417 g/mol. The van der Waals surface area contributed by atoms with Crippen molar-refractivity contribution in [3.05, 3.63) is 33.2 Å². The molecular weight excluding hydrogens is 398 g/mol. The average Bonchev–Trinajstić information content (AvgIpc) is 2.83. The molecule has 0 saturated heterocycles. The number of aliphatic hydroxyl groups is 1. The molecule has 2 heterocycles. The van der Waals surface area contributed by atoms with Crippen LogP contribution in [-0.4, -0.2) is 20.5 Å². The van der Waals surface area contributed by atoms with E-state index in [1.807, 2.05) is 0 Å². The van der Waals surface area contributed by atoms with E-state index in [0.717, 1.165) is 0 Å². The summed E-state index contributed by atoms with van der Waals surface area (Å²) in [5, 5.41) is 9.17. The van der Waals surface area contributed by atoms with Crippen molar-refractivity contribution in [2.45, 2.75) is 45.2 Å². The summed E-state index contributed by atoms with van der Waals surface area (Å²) in [6.07, 6.45) is 0.625. The molecule has 0 aliphatic heterocycles. The van der Waals surface area contributed by atoms with Gasteiger partial charge >= 0.3 is 15.4 Å². The van der Waals surface area contributed by atoms with Crippen LogP contribution in [0.2, 0.25) is 0 Å². The third-order valence-electron chi connectivity index (χ3n) is 3.86. The lowest BCUT2D eigenvalue weighted by atomic mass is 10.2. The number of hydrogen-bond acceptors (Lipinski definition) is 9. The maximum Gasteiger partial charge on any atom is 0.333 e. The lowest BCUT2D eigenvalue weighted by molar-refractivity contribution is -0.699. The van der Waals surface area contributed by atoms with E-state index >= 15 is 0 Å². The van der Waals surface area contributed by atoms with Crippen molar-refractivity contribution >= 4 is 32.5 Å². The van der Waals surface area contributed by atoms with Crippen LogP contribution in [0.3, 0.4) is 0 Å². The molecule has 12 heteroatoms. The van der Waals surface area contributed by atoms with Crippen LogP contribution < -0.4 is 10.3 Å². The highest BCUT2D eigenvalue weighted by Crippen LogP contribution is 2.35.